The van der Waals surface area contributed by atoms with Crippen molar-refractivity contribution in [2.24, 2.45) is 0 Å². The highest BCUT2D eigenvalue weighted by molar-refractivity contribution is 7.09. The highest BCUT2D eigenvalue weighted by Gasteiger charge is 2.15. The number of benzene rings is 2. The van der Waals surface area contributed by atoms with Crippen LogP contribution in [0.2, 0.25) is 0 Å². The van der Waals surface area contributed by atoms with Gasteiger partial charge in [0.15, 0.2) is 0 Å². The summed E-state index contributed by atoms with van der Waals surface area (Å²) in [5.41, 5.74) is 3.42. The lowest BCUT2D eigenvalue weighted by molar-refractivity contribution is 0.101. The van der Waals surface area contributed by atoms with Gasteiger partial charge < -0.3 is 4.74 Å². The van der Waals surface area contributed by atoms with Crippen molar-refractivity contribution in [3.05, 3.63) is 92.7 Å². The SMILES string of the molecule is COc1ccc(C(=O)Nn2c(Cc3cccs3)nc3ccccc3c2=O)cc1. The third kappa shape index (κ3) is 3.52. The molecule has 0 spiro atoms. The van der Waals surface area contributed by atoms with E-state index in [0.29, 0.717) is 34.5 Å². The normalized spacial score (nSPS) is 10.8. The fourth-order valence-corrected chi connectivity index (χ4v) is 3.59. The Morgan fingerprint density at radius 2 is 1.89 bits per heavy atom. The topological polar surface area (TPSA) is 73.2 Å². The molecule has 4 rings (SSSR count). The summed E-state index contributed by atoms with van der Waals surface area (Å²) in [6.07, 6.45) is 0.445. The molecule has 0 bridgehead atoms. The van der Waals surface area contributed by atoms with Crippen LogP contribution in [-0.4, -0.2) is 22.7 Å². The van der Waals surface area contributed by atoms with Gasteiger partial charge in [0.05, 0.1) is 18.0 Å². The van der Waals surface area contributed by atoms with Crippen LogP contribution in [0.25, 0.3) is 10.9 Å². The first-order valence-corrected chi connectivity index (χ1v) is 9.52. The molecule has 0 radical (unpaired) electrons. The number of hydrogen-bond acceptors (Lipinski definition) is 5. The smallest absolute Gasteiger partial charge is 0.280 e. The van der Waals surface area contributed by atoms with Crippen molar-refractivity contribution in [2.75, 3.05) is 12.5 Å². The summed E-state index contributed by atoms with van der Waals surface area (Å²) >= 11 is 1.58. The third-order valence-electron chi connectivity index (χ3n) is 4.32. The maximum absolute atomic E-state index is 13.0. The van der Waals surface area contributed by atoms with Crippen molar-refractivity contribution < 1.29 is 9.53 Å². The van der Waals surface area contributed by atoms with E-state index in [9.17, 15) is 9.59 Å². The van der Waals surface area contributed by atoms with E-state index in [-0.39, 0.29) is 5.56 Å². The number of para-hydroxylation sites is 1. The zero-order valence-corrected chi connectivity index (χ0v) is 15.9. The van der Waals surface area contributed by atoms with Crippen LogP contribution in [0.1, 0.15) is 21.1 Å². The van der Waals surface area contributed by atoms with Crippen LogP contribution >= 0.6 is 11.3 Å². The fourth-order valence-electron chi connectivity index (χ4n) is 2.89. The van der Waals surface area contributed by atoms with E-state index in [1.807, 2.05) is 23.6 Å². The van der Waals surface area contributed by atoms with Crippen LogP contribution in [0.15, 0.2) is 70.8 Å². The van der Waals surface area contributed by atoms with Crippen molar-refractivity contribution in [2.45, 2.75) is 6.42 Å². The number of carbonyl (C=O) groups is 1. The Morgan fingerprint density at radius 3 is 2.61 bits per heavy atom. The van der Waals surface area contributed by atoms with Gasteiger partial charge in [0.1, 0.15) is 11.6 Å². The van der Waals surface area contributed by atoms with Crippen molar-refractivity contribution in [1.82, 2.24) is 9.66 Å². The Morgan fingerprint density at radius 1 is 1.11 bits per heavy atom. The summed E-state index contributed by atoms with van der Waals surface area (Å²) in [4.78, 5) is 31.4. The number of thiophene rings is 1. The first kappa shape index (κ1) is 17.9. The molecule has 1 amide bonds. The van der Waals surface area contributed by atoms with Crippen LogP contribution in [0.4, 0.5) is 0 Å². The minimum absolute atomic E-state index is 0.306. The molecular formula is C21H17N3O3S. The summed E-state index contributed by atoms with van der Waals surface area (Å²) in [6, 6.07) is 17.7. The van der Waals surface area contributed by atoms with Gasteiger partial charge in [0.2, 0.25) is 0 Å². The number of carbonyl (C=O) groups excluding carboxylic acids is 1. The third-order valence-corrected chi connectivity index (χ3v) is 5.20. The molecule has 0 unspecified atom stereocenters. The van der Waals surface area contributed by atoms with Crippen LogP contribution in [0, 0.1) is 0 Å². The van der Waals surface area contributed by atoms with Crippen molar-refractivity contribution in [1.29, 1.82) is 0 Å². The minimum atomic E-state index is -0.394. The highest BCUT2D eigenvalue weighted by Crippen LogP contribution is 2.16. The molecule has 0 aliphatic carbocycles. The number of ether oxygens (including phenoxy) is 1. The number of aromatic nitrogens is 2. The van der Waals surface area contributed by atoms with Crippen LogP contribution in [-0.2, 0) is 6.42 Å². The standard InChI is InChI=1S/C21H17N3O3S/c1-27-15-10-8-14(9-11-15)20(25)23-24-19(13-16-5-4-12-28-16)22-18-7-3-2-6-17(18)21(24)26/h2-12H,13H2,1H3,(H,23,25). The largest absolute Gasteiger partial charge is 0.497 e. The van der Waals surface area contributed by atoms with Gasteiger partial charge >= 0.3 is 0 Å². The van der Waals surface area contributed by atoms with Crippen LogP contribution in [0.5, 0.6) is 5.75 Å². The summed E-state index contributed by atoms with van der Waals surface area (Å²) in [6.45, 7) is 0. The second-order valence-corrected chi connectivity index (χ2v) is 7.14. The highest BCUT2D eigenvalue weighted by atomic mass is 32.1. The number of rotatable bonds is 5. The molecule has 7 heteroatoms. The predicted molar refractivity (Wildman–Crippen MR) is 110 cm³/mol. The van der Waals surface area contributed by atoms with Crippen molar-refractivity contribution in [3.63, 3.8) is 0 Å². The molecule has 0 aliphatic rings. The Balaban J connectivity index is 1.76. The molecule has 0 saturated heterocycles. The maximum Gasteiger partial charge on any atom is 0.280 e. The first-order valence-electron chi connectivity index (χ1n) is 8.64. The number of methoxy groups -OCH3 is 1. The molecule has 1 N–H and O–H groups in total. The molecule has 4 aromatic rings. The van der Waals surface area contributed by atoms with E-state index in [0.717, 1.165) is 4.88 Å². The molecule has 6 nitrogen and oxygen atoms in total. The fraction of sp³-hybridized carbons (Fsp3) is 0.0952. The molecule has 2 aromatic carbocycles. The predicted octanol–water partition coefficient (Wildman–Crippen LogP) is 3.44. The average Bonchev–Trinajstić information content (AvgIpc) is 3.24. The quantitative estimate of drug-likeness (QED) is 0.566. The molecule has 0 atom stereocenters. The van der Waals surface area contributed by atoms with E-state index < -0.39 is 5.91 Å². The summed E-state index contributed by atoms with van der Waals surface area (Å²) in [5.74, 6) is 0.738. The molecule has 0 saturated carbocycles. The lowest BCUT2D eigenvalue weighted by Crippen LogP contribution is -2.36. The monoisotopic (exact) mass is 391 g/mol. The Labute approximate surface area is 165 Å². The minimum Gasteiger partial charge on any atom is -0.497 e. The van der Waals surface area contributed by atoms with Gasteiger partial charge in [0.25, 0.3) is 11.5 Å². The number of hydrogen-bond donors (Lipinski definition) is 1. The van der Waals surface area contributed by atoms with Gasteiger partial charge in [-0.2, -0.15) is 0 Å². The lowest BCUT2D eigenvalue weighted by Gasteiger charge is -2.14. The molecule has 0 aliphatic heterocycles. The lowest BCUT2D eigenvalue weighted by atomic mass is 10.2. The van der Waals surface area contributed by atoms with Crippen molar-refractivity contribution in [3.8, 4) is 5.75 Å². The number of amides is 1. The average molecular weight is 391 g/mol. The van der Waals surface area contributed by atoms with Crippen molar-refractivity contribution >= 4 is 28.1 Å². The molecule has 0 fully saturated rings. The van der Waals surface area contributed by atoms with Gasteiger partial charge in [-0.1, -0.05) is 18.2 Å². The summed E-state index contributed by atoms with van der Waals surface area (Å²) in [7, 11) is 1.56. The van der Waals surface area contributed by atoms with Gasteiger partial charge in [-0.3, -0.25) is 15.0 Å². The molecular weight excluding hydrogens is 374 g/mol. The van der Waals surface area contributed by atoms with Gasteiger partial charge in [-0.05, 0) is 47.8 Å². The Bertz CT molecular complexity index is 1180. The van der Waals surface area contributed by atoms with Crippen LogP contribution < -0.4 is 15.7 Å². The van der Waals surface area contributed by atoms with E-state index in [4.69, 9.17) is 4.74 Å². The second-order valence-electron chi connectivity index (χ2n) is 6.11. The first-order chi connectivity index (χ1) is 13.7. The van der Waals surface area contributed by atoms with Gasteiger partial charge in [0, 0.05) is 16.9 Å². The summed E-state index contributed by atoms with van der Waals surface area (Å²) < 4.78 is 6.36. The maximum atomic E-state index is 13.0. The molecule has 2 heterocycles. The number of nitrogens with zero attached hydrogens (tertiary/aromatic N) is 2. The van der Waals surface area contributed by atoms with E-state index in [1.165, 1.54) is 4.68 Å². The molecule has 28 heavy (non-hydrogen) atoms. The summed E-state index contributed by atoms with van der Waals surface area (Å²) in [5, 5.41) is 2.42. The van der Waals surface area contributed by atoms with Gasteiger partial charge in [-0.25, -0.2) is 9.66 Å². The zero-order valence-electron chi connectivity index (χ0n) is 15.1. The molecule has 2 aromatic heterocycles. The zero-order chi connectivity index (χ0) is 19.5. The van der Waals surface area contributed by atoms with Gasteiger partial charge in [-0.15, -0.1) is 11.3 Å². The Kier molecular flexibility index (Phi) is 4.90. The number of nitrogens with one attached hydrogen (secondary N) is 1. The number of fused-ring (bicyclic) bond motifs is 1. The Hall–Kier alpha value is -3.45. The van der Waals surface area contributed by atoms with E-state index in [1.54, 1.807) is 60.9 Å². The second kappa shape index (κ2) is 7.66. The van der Waals surface area contributed by atoms with E-state index in [2.05, 4.69) is 10.4 Å². The van der Waals surface area contributed by atoms with Crippen LogP contribution in [0.3, 0.4) is 0 Å². The van der Waals surface area contributed by atoms with E-state index >= 15 is 0 Å². The molecule has 140 valence electrons.